The number of hydrogen-bond donors (Lipinski definition) is 1. The molecule has 1 saturated carbocycles. The fourth-order valence-electron chi connectivity index (χ4n) is 4.86. The normalized spacial score (nSPS) is 15.2. The van der Waals surface area contributed by atoms with Gasteiger partial charge in [-0.25, -0.2) is 4.68 Å². The van der Waals surface area contributed by atoms with E-state index >= 15 is 0 Å². The molecule has 0 saturated heterocycles. The Balaban J connectivity index is 1.69. The quantitative estimate of drug-likeness (QED) is 0.452. The molecule has 1 unspecified atom stereocenters. The van der Waals surface area contributed by atoms with Gasteiger partial charge in [0.05, 0.1) is 19.8 Å². The van der Waals surface area contributed by atoms with Crippen molar-refractivity contribution in [1.29, 1.82) is 0 Å². The third-order valence-electron chi connectivity index (χ3n) is 6.50. The maximum atomic E-state index is 13.0. The smallest absolute Gasteiger partial charge is 0.327 e. The first kappa shape index (κ1) is 23.9. The van der Waals surface area contributed by atoms with Crippen molar-refractivity contribution < 1.29 is 14.3 Å². The number of aromatic amines is 1. The van der Waals surface area contributed by atoms with Crippen molar-refractivity contribution in [2.24, 2.45) is 0 Å². The molecule has 1 atom stereocenters. The Morgan fingerprint density at radius 2 is 2.06 bits per heavy atom. The second kappa shape index (κ2) is 10.8. The minimum absolute atomic E-state index is 0.0401. The van der Waals surface area contributed by atoms with Crippen LogP contribution in [0.3, 0.4) is 0 Å². The van der Waals surface area contributed by atoms with Crippen molar-refractivity contribution in [3.05, 3.63) is 46.0 Å². The lowest BCUT2D eigenvalue weighted by Gasteiger charge is -2.35. The molecular weight excluding hydrogens is 436 g/mol. The van der Waals surface area contributed by atoms with Crippen LogP contribution in [0.15, 0.2) is 29.1 Å². The summed E-state index contributed by atoms with van der Waals surface area (Å²) in [5, 5.41) is 13.1. The van der Waals surface area contributed by atoms with E-state index in [2.05, 4.69) is 32.3 Å². The summed E-state index contributed by atoms with van der Waals surface area (Å²) in [6.45, 7) is 4.56. The second-order valence-electron chi connectivity index (χ2n) is 8.61. The van der Waals surface area contributed by atoms with Crippen LogP contribution in [0.5, 0.6) is 5.75 Å². The number of aromatic nitrogens is 5. The minimum atomic E-state index is -0.377. The van der Waals surface area contributed by atoms with Crippen molar-refractivity contribution >= 4 is 16.9 Å². The molecule has 0 amide bonds. The Bertz CT molecular complexity index is 1180. The van der Waals surface area contributed by atoms with E-state index in [-0.39, 0.29) is 24.1 Å². The highest BCUT2D eigenvalue weighted by Gasteiger charge is 2.33. The monoisotopic (exact) mass is 468 g/mol. The summed E-state index contributed by atoms with van der Waals surface area (Å²) in [5.74, 6) is 0.974. The van der Waals surface area contributed by atoms with E-state index in [0.29, 0.717) is 30.6 Å². The van der Waals surface area contributed by atoms with Crippen LogP contribution in [-0.4, -0.2) is 55.8 Å². The number of pyridine rings is 1. The maximum Gasteiger partial charge on any atom is 0.327 e. The molecule has 1 N–H and O–H groups in total. The van der Waals surface area contributed by atoms with Crippen LogP contribution >= 0.6 is 0 Å². The zero-order valence-electron chi connectivity index (χ0n) is 20.0. The van der Waals surface area contributed by atoms with Crippen LogP contribution in [0, 0.1) is 0 Å². The largest absolute Gasteiger partial charge is 0.497 e. The molecule has 34 heavy (non-hydrogen) atoms. The van der Waals surface area contributed by atoms with Crippen molar-refractivity contribution in [2.75, 3.05) is 13.7 Å². The molecule has 0 bridgehead atoms. The number of methoxy groups -OCH3 is 1. The molecule has 10 nitrogen and oxygen atoms in total. The lowest BCUT2D eigenvalue weighted by Crippen LogP contribution is -2.39. The van der Waals surface area contributed by atoms with E-state index < -0.39 is 0 Å². The van der Waals surface area contributed by atoms with Gasteiger partial charge in [0.15, 0.2) is 5.82 Å². The van der Waals surface area contributed by atoms with Gasteiger partial charge in [-0.05, 0) is 60.9 Å². The van der Waals surface area contributed by atoms with Crippen LogP contribution in [0.2, 0.25) is 0 Å². The number of rotatable bonds is 10. The Hall–Kier alpha value is -3.27. The van der Waals surface area contributed by atoms with Gasteiger partial charge in [0.2, 0.25) is 0 Å². The fourth-order valence-corrected chi connectivity index (χ4v) is 4.86. The van der Waals surface area contributed by atoms with Crippen LogP contribution in [0.4, 0.5) is 0 Å². The molecule has 0 aliphatic heterocycles. The summed E-state index contributed by atoms with van der Waals surface area (Å²) in [5.41, 5.74) is 1.34. The van der Waals surface area contributed by atoms with E-state index in [0.717, 1.165) is 48.8 Å². The average molecular weight is 469 g/mol. The van der Waals surface area contributed by atoms with Gasteiger partial charge in [0.25, 0.3) is 5.56 Å². The van der Waals surface area contributed by atoms with Gasteiger partial charge in [-0.2, -0.15) is 0 Å². The highest BCUT2D eigenvalue weighted by molar-refractivity contribution is 5.80. The van der Waals surface area contributed by atoms with Crippen LogP contribution < -0.4 is 10.3 Å². The van der Waals surface area contributed by atoms with Crippen molar-refractivity contribution in [1.82, 2.24) is 30.1 Å². The summed E-state index contributed by atoms with van der Waals surface area (Å²) < 4.78 is 12.0. The number of carbonyl (C=O) groups is 1. The van der Waals surface area contributed by atoms with Gasteiger partial charge in [-0.1, -0.05) is 19.8 Å². The molecule has 10 heteroatoms. The van der Waals surface area contributed by atoms with E-state index in [4.69, 9.17) is 9.47 Å². The topological polar surface area (TPSA) is 115 Å². The summed E-state index contributed by atoms with van der Waals surface area (Å²) in [6, 6.07) is 7.70. The summed E-state index contributed by atoms with van der Waals surface area (Å²) in [4.78, 5) is 30.4. The third-order valence-corrected chi connectivity index (χ3v) is 6.50. The highest BCUT2D eigenvalue weighted by atomic mass is 16.5. The number of H-pyrrole nitrogens is 1. The Labute approximate surface area is 198 Å². The van der Waals surface area contributed by atoms with Crippen molar-refractivity contribution in [2.45, 2.75) is 71.1 Å². The minimum Gasteiger partial charge on any atom is -0.497 e. The fraction of sp³-hybridized carbons (Fsp3) is 0.542. The summed E-state index contributed by atoms with van der Waals surface area (Å²) in [6.07, 6.45) is 5.14. The lowest BCUT2D eigenvalue weighted by atomic mass is 10.0. The highest BCUT2D eigenvalue weighted by Crippen LogP contribution is 2.33. The second-order valence-corrected chi connectivity index (χ2v) is 8.61. The molecule has 4 rings (SSSR count). The van der Waals surface area contributed by atoms with E-state index in [1.54, 1.807) is 14.0 Å². The lowest BCUT2D eigenvalue weighted by molar-refractivity contribution is -0.144. The Kier molecular flexibility index (Phi) is 7.56. The van der Waals surface area contributed by atoms with Crippen LogP contribution in [0.1, 0.15) is 63.4 Å². The molecule has 1 aliphatic carbocycles. The Morgan fingerprint density at radius 1 is 1.26 bits per heavy atom. The molecule has 1 aliphatic rings. The standard InChI is InChI=1S/C24H32N6O4/c1-4-21(23-26-27-28-30(23)15-22(31)34-5-2)29(18-8-6-7-9-18)14-17-12-16-13-19(33-3)10-11-20(16)25-24(17)32/h10-13,18,21H,4-9,14-15H2,1-3H3,(H,25,32). The molecule has 182 valence electrons. The molecule has 3 aromatic rings. The van der Waals surface area contributed by atoms with Gasteiger partial charge in [-0.15, -0.1) is 5.10 Å². The van der Waals surface area contributed by atoms with Crippen molar-refractivity contribution in [3.63, 3.8) is 0 Å². The SMILES string of the molecule is CCOC(=O)Cn1nnnc1C(CC)N(Cc1cc2cc(OC)ccc2[nH]c1=O)C1CCCC1. The zero-order valence-corrected chi connectivity index (χ0v) is 20.0. The number of benzene rings is 1. The number of nitrogens with zero attached hydrogens (tertiary/aromatic N) is 5. The van der Waals surface area contributed by atoms with Gasteiger partial charge in [0, 0.05) is 29.1 Å². The first-order valence-corrected chi connectivity index (χ1v) is 11.9. The first-order valence-electron chi connectivity index (χ1n) is 11.9. The number of carbonyl (C=O) groups excluding carboxylic acids is 1. The van der Waals surface area contributed by atoms with Gasteiger partial charge >= 0.3 is 5.97 Å². The van der Waals surface area contributed by atoms with E-state index in [1.807, 2.05) is 24.3 Å². The molecule has 1 aromatic carbocycles. The number of nitrogens with one attached hydrogen (secondary N) is 1. The predicted octanol–water partition coefficient (Wildman–Crippen LogP) is 2.98. The van der Waals surface area contributed by atoms with Crippen LogP contribution in [0.25, 0.3) is 10.9 Å². The maximum absolute atomic E-state index is 13.0. The molecule has 0 spiro atoms. The van der Waals surface area contributed by atoms with E-state index in [9.17, 15) is 9.59 Å². The van der Waals surface area contributed by atoms with Gasteiger partial charge in [0.1, 0.15) is 12.3 Å². The molecule has 2 heterocycles. The predicted molar refractivity (Wildman–Crippen MR) is 126 cm³/mol. The zero-order chi connectivity index (χ0) is 24.1. The van der Waals surface area contributed by atoms with Crippen molar-refractivity contribution in [3.8, 4) is 5.75 Å². The van der Waals surface area contributed by atoms with E-state index in [1.165, 1.54) is 4.68 Å². The average Bonchev–Trinajstić information content (AvgIpc) is 3.52. The summed E-state index contributed by atoms with van der Waals surface area (Å²) >= 11 is 0. The number of esters is 1. The molecule has 1 fully saturated rings. The number of ether oxygens (including phenoxy) is 2. The summed E-state index contributed by atoms with van der Waals surface area (Å²) in [7, 11) is 1.63. The Morgan fingerprint density at radius 3 is 2.76 bits per heavy atom. The number of tetrazole rings is 1. The number of fused-ring (bicyclic) bond motifs is 1. The van der Waals surface area contributed by atoms with Gasteiger partial charge < -0.3 is 14.5 Å². The first-order chi connectivity index (χ1) is 16.5. The van der Waals surface area contributed by atoms with Crippen LogP contribution in [-0.2, 0) is 22.6 Å². The number of hydrogen-bond acceptors (Lipinski definition) is 8. The molecule has 2 aromatic heterocycles. The van der Waals surface area contributed by atoms with Gasteiger partial charge in [-0.3, -0.25) is 14.5 Å². The molecular formula is C24H32N6O4. The third kappa shape index (κ3) is 5.11. The molecule has 0 radical (unpaired) electrons.